The highest BCUT2D eigenvalue weighted by Crippen LogP contribution is 2.43. The predicted octanol–water partition coefficient (Wildman–Crippen LogP) is 5.29. The number of non-ortho nitro benzene ring substituents is 1. The number of esters is 1. The molecule has 4 rings (SSSR count). The highest BCUT2D eigenvalue weighted by molar-refractivity contribution is 6.30. The van der Waals surface area contributed by atoms with Crippen LogP contribution in [0.1, 0.15) is 34.0 Å². The minimum absolute atomic E-state index is 0.0581. The minimum Gasteiger partial charge on any atom is -0.493 e. The summed E-state index contributed by atoms with van der Waals surface area (Å²) < 4.78 is 16.3. The number of halogens is 1. The molecule has 13 heteroatoms. The Labute approximate surface area is 214 Å². The predicted molar refractivity (Wildman–Crippen MR) is 134 cm³/mol. The fraction of sp³-hybridized carbons (Fsp3) is 0.167. The summed E-state index contributed by atoms with van der Waals surface area (Å²) in [4.78, 5) is 33.8. The highest BCUT2D eigenvalue weighted by Gasteiger charge is 2.36. The molecule has 37 heavy (non-hydrogen) atoms. The first-order valence-electron chi connectivity index (χ1n) is 10.7. The van der Waals surface area contributed by atoms with E-state index in [-0.39, 0.29) is 23.4 Å². The van der Waals surface area contributed by atoms with E-state index in [2.05, 4.69) is 10.5 Å². The molecule has 0 bridgehead atoms. The Kier molecular flexibility index (Phi) is 7.20. The van der Waals surface area contributed by atoms with Crippen LogP contribution in [0.15, 0.2) is 59.7 Å². The molecule has 0 aromatic heterocycles. The van der Waals surface area contributed by atoms with Gasteiger partial charge in [0.05, 0.1) is 35.8 Å². The normalized spacial score (nSPS) is 14.5. The SMILES string of the molecule is COc1ccc2c(c1OC)C(=O)O[C@H]2C/C(=N/Nc1ccc([N+](=O)[O-])cc1[N+](=O)[O-])c1ccc(Cl)cc1. The van der Waals surface area contributed by atoms with Crippen molar-refractivity contribution in [2.75, 3.05) is 19.6 Å². The molecule has 0 spiro atoms. The first kappa shape index (κ1) is 25.4. The number of hydrogen-bond donors (Lipinski definition) is 1. The van der Waals surface area contributed by atoms with Gasteiger partial charge in [0.2, 0.25) is 0 Å². The van der Waals surface area contributed by atoms with E-state index in [1.54, 1.807) is 36.4 Å². The third-order valence-corrected chi connectivity index (χ3v) is 5.89. The van der Waals surface area contributed by atoms with E-state index >= 15 is 0 Å². The topological polar surface area (TPSA) is 155 Å². The second kappa shape index (κ2) is 10.5. The molecule has 0 aliphatic carbocycles. The standard InChI is InChI=1S/C24H19ClN4O8/c1-35-20-10-8-16-21(37-24(30)22(16)23(20)36-2)12-18(13-3-5-14(25)6-4-13)27-26-17-9-7-15(28(31)32)11-19(17)29(33)34/h3-11,21,26H,12H2,1-2H3/b27-18-/t21-/m0/s1. The number of fused-ring (bicyclic) bond motifs is 1. The molecule has 1 aliphatic rings. The quantitative estimate of drug-likeness (QED) is 0.169. The van der Waals surface area contributed by atoms with Crippen LogP contribution < -0.4 is 14.9 Å². The molecule has 0 saturated heterocycles. The van der Waals surface area contributed by atoms with E-state index in [0.717, 1.165) is 12.1 Å². The monoisotopic (exact) mass is 526 g/mol. The van der Waals surface area contributed by atoms with Crippen LogP contribution in [-0.2, 0) is 4.74 Å². The Morgan fingerprint density at radius 3 is 2.41 bits per heavy atom. The number of nitrogens with zero attached hydrogens (tertiary/aromatic N) is 3. The third-order valence-electron chi connectivity index (χ3n) is 5.63. The van der Waals surface area contributed by atoms with E-state index in [1.807, 2.05) is 0 Å². The Bertz CT molecular complexity index is 1420. The van der Waals surface area contributed by atoms with Crippen molar-refractivity contribution < 1.29 is 28.9 Å². The fourth-order valence-electron chi connectivity index (χ4n) is 3.88. The van der Waals surface area contributed by atoms with Gasteiger partial charge in [0.25, 0.3) is 5.69 Å². The van der Waals surface area contributed by atoms with Gasteiger partial charge < -0.3 is 14.2 Å². The first-order valence-corrected chi connectivity index (χ1v) is 11.1. The van der Waals surface area contributed by atoms with Gasteiger partial charge in [0, 0.05) is 23.1 Å². The van der Waals surface area contributed by atoms with Crippen LogP contribution in [0.25, 0.3) is 0 Å². The number of anilines is 1. The largest absolute Gasteiger partial charge is 0.493 e. The zero-order valence-electron chi connectivity index (χ0n) is 19.5. The van der Waals surface area contributed by atoms with Gasteiger partial charge in [-0.15, -0.1) is 0 Å². The summed E-state index contributed by atoms with van der Waals surface area (Å²) in [6, 6.07) is 13.2. The lowest BCUT2D eigenvalue weighted by molar-refractivity contribution is -0.393. The van der Waals surface area contributed by atoms with Crippen LogP contribution in [-0.4, -0.2) is 35.7 Å². The van der Waals surface area contributed by atoms with E-state index in [1.165, 1.54) is 20.3 Å². The first-order chi connectivity index (χ1) is 17.7. The van der Waals surface area contributed by atoms with Gasteiger partial charge in [0.1, 0.15) is 17.4 Å². The molecule has 1 heterocycles. The van der Waals surface area contributed by atoms with Crippen molar-refractivity contribution in [3.05, 3.63) is 96.5 Å². The number of hydrazone groups is 1. The molecular formula is C24H19ClN4O8. The van der Waals surface area contributed by atoms with Crippen molar-refractivity contribution in [1.82, 2.24) is 0 Å². The summed E-state index contributed by atoms with van der Waals surface area (Å²) in [5.74, 6) is 0.0277. The Morgan fingerprint density at radius 1 is 1.05 bits per heavy atom. The lowest BCUT2D eigenvalue weighted by atomic mass is 9.97. The molecular weight excluding hydrogens is 508 g/mol. The van der Waals surface area contributed by atoms with Crippen molar-refractivity contribution in [2.45, 2.75) is 12.5 Å². The second-order valence-corrected chi connectivity index (χ2v) is 8.19. The molecule has 0 fully saturated rings. The van der Waals surface area contributed by atoms with E-state index in [4.69, 9.17) is 25.8 Å². The van der Waals surface area contributed by atoms with E-state index in [0.29, 0.717) is 27.6 Å². The van der Waals surface area contributed by atoms with E-state index in [9.17, 15) is 25.0 Å². The van der Waals surface area contributed by atoms with Crippen LogP contribution in [0, 0.1) is 20.2 Å². The molecule has 190 valence electrons. The van der Waals surface area contributed by atoms with Gasteiger partial charge in [0.15, 0.2) is 11.5 Å². The summed E-state index contributed by atoms with van der Waals surface area (Å²) in [6.07, 6.45) is -0.658. The fourth-order valence-corrected chi connectivity index (χ4v) is 4.00. The molecule has 3 aromatic rings. The lowest BCUT2D eigenvalue weighted by Gasteiger charge is -2.15. The maximum absolute atomic E-state index is 12.7. The number of nitro benzene ring substituents is 2. The number of hydrogen-bond acceptors (Lipinski definition) is 10. The number of carbonyl (C=O) groups excluding carboxylic acids is 1. The van der Waals surface area contributed by atoms with Gasteiger partial charge in [-0.1, -0.05) is 29.8 Å². The molecule has 3 aromatic carbocycles. The molecule has 1 atom stereocenters. The zero-order valence-corrected chi connectivity index (χ0v) is 20.2. The minimum atomic E-state index is -0.749. The van der Waals surface area contributed by atoms with Crippen LogP contribution in [0.3, 0.4) is 0 Å². The summed E-state index contributed by atoms with van der Waals surface area (Å²) in [5.41, 5.74) is 3.39. The number of benzene rings is 3. The Balaban J connectivity index is 1.73. The smallest absolute Gasteiger partial charge is 0.343 e. The Morgan fingerprint density at radius 2 is 1.78 bits per heavy atom. The van der Waals surface area contributed by atoms with Gasteiger partial charge in [-0.25, -0.2) is 4.79 Å². The number of methoxy groups -OCH3 is 2. The second-order valence-electron chi connectivity index (χ2n) is 7.76. The lowest BCUT2D eigenvalue weighted by Crippen LogP contribution is -2.11. The van der Waals surface area contributed by atoms with Crippen molar-refractivity contribution in [1.29, 1.82) is 0 Å². The highest BCUT2D eigenvalue weighted by atomic mass is 35.5. The molecule has 0 radical (unpaired) electrons. The maximum Gasteiger partial charge on any atom is 0.343 e. The number of cyclic esters (lactones) is 1. The van der Waals surface area contributed by atoms with Crippen LogP contribution >= 0.6 is 11.6 Å². The zero-order chi connectivity index (χ0) is 26.7. The van der Waals surface area contributed by atoms with Crippen LogP contribution in [0.4, 0.5) is 17.1 Å². The molecule has 0 saturated carbocycles. The van der Waals surface area contributed by atoms with Gasteiger partial charge >= 0.3 is 11.7 Å². The Hall–Kier alpha value is -4.71. The van der Waals surface area contributed by atoms with Gasteiger partial charge in [-0.3, -0.25) is 25.7 Å². The number of rotatable bonds is 9. The molecule has 12 nitrogen and oxygen atoms in total. The summed E-state index contributed by atoms with van der Waals surface area (Å²) >= 11 is 6.02. The molecule has 0 unspecified atom stereocenters. The van der Waals surface area contributed by atoms with Gasteiger partial charge in [-0.05, 0) is 29.8 Å². The maximum atomic E-state index is 12.7. The van der Waals surface area contributed by atoms with Crippen molar-refractivity contribution >= 4 is 40.3 Å². The number of ether oxygens (including phenoxy) is 3. The van der Waals surface area contributed by atoms with E-state index < -0.39 is 33.3 Å². The van der Waals surface area contributed by atoms with Crippen molar-refractivity contribution in [2.24, 2.45) is 5.10 Å². The number of nitro groups is 2. The summed E-state index contributed by atoms with van der Waals surface area (Å²) in [6.45, 7) is 0. The third kappa shape index (κ3) is 5.14. The van der Waals surface area contributed by atoms with Crippen LogP contribution in [0.5, 0.6) is 11.5 Å². The summed E-state index contributed by atoms with van der Waals surface area (Å²) in [7, 11) is 2.87. The van der Waals surface area contributed by atoms with Crippen molar-refractivity contribution in [3.63, 3.8) is 0 Å². The number of nitrogens with one attached hydrogen (secondary N) is 1. The molecule has 0 amide bonds. The molecule has 1 aliphatic heterocycles. The van der Waals surface area contributed by atoms with Crippen LogP contribution in [0.2, 0.25) is 5.02 Å². The average Bonchev–Trinajstić information content (AvgIpc) is 3.21. The average molecular weight is 527 g/mol. The number of carbonyl (C=O) groups is 1. The van der Waals surface area contributed by atoms with Gasteiger partial charge in [-0.2, -0.15) is 5.10 Å². The summed E-state index contributed by atoms with van der Waals surface area (Å²) in [5, 5.41) is 27.4. The van der Waals surface area contributed by atoms with Crippen molar-refractivity contribution in [3.8, 4) is 11.5 Å². The molecule has 1 N–H and O–H groups in total.